The van der Waals surface area contributed by atoms with Crippen LogP contribution in [0.15, 0.2) is 36.5 Å². The number of fused-ring (bicyclic) bond motifs is 1. The van der Waals surface area contributed by atoms with Gasteiger partial charge in [0.1, 0.15) is 5.60 Å². The molecule has 5 fully saturated rings. The molecule has 0 saturated heterocycles. The molecule has 5 aliphatic carbocycles. The van der Waals surface area contributed by atoms with Crippen molar-refractivity contribution in [3.05, 3.63) is 47.1 Å². The monoisotopic (exact) mass is 617 g/mol. The van der Waals surface area contributed by atoms with Crippen molar-refractivity contribution in [2.24, 2.45) is 17.8 Å². The number of ether oxygens (including phenoxy) is 2. The van der Waals surface area contributed by atoms with Crippen LogP contribution < -0.4 is 15.4 Å². The highest BCUT2D eigenvalue weighted by Crippen LogP contribution is 2.59. The molecule has 1 amide bonds. The minimum atomic E-state index is -0.570. The number of amides is 1. The number of carbonyl (C=O) groups is 2. The summed E-state index contributed by atoms with van der Waals surface area (Å²) >= 11 is 6.36. The van der Waals surface area contributed by atoms with Gasteiger partial charge in [-0.05, 0) is 119 Å². The smallest absolute Gasteiger partial charge is 0.408 e. The van der Waals surface area contributed by atoms with E-state index in [4.69, 9.17) is 26.1 Å². The minimum absolute atomic E-state index is 0.0367. The Morgan fingerprint density at radius 2 is 1.73 bits per heavy atom. The number of aromatic nitrogens is 1. The van der Waals surface area contributed by atoms with Crippen LogP contribution in [0.25, 0.3) is 22.0 Å². The quantitative estimate of drug-likeness (QED) is 0.231. The van der Waals surface area contributed by atoms with Crippen molar-refractivity contribution in [2.45, 2.75) is 88.8 Å². The Balaban J connectivity index is 1.30. The first-order valence-electron chi connectivity index (χ1n) is 15.7. The van der Waals surface area contributed by atoms with E-state index >= 15 is 0 Å². The van der Waals surface area contributed by atoms with Crippen LogP contribution in [-0.4, -0.2) is 45.8 Å². The minimum Gasteiger partial charge on any atom is -0.503 e. The molecule has 8 rings (SSSR count). The number of carbonyl (C=O) groups excluding carboxylic acids is 2. The van der Waals surface area contributed by atoms with Crippen LogP contribution in [0.3, 0.4) is 0 Å². The molecule has 8 nitrogen and oxygen atoms in total. The summed E-state index contributed by atoms with van der Waals surface area (Å²) in [6.45, 7) is 5.66. The molecule has 232 valence electrons. The zero-order valence-electron chi connectivity index (χ0n) is 25.8. The Labute approximate surface area is 262 Å². The van der Waals surface area contributed by atoms with Crippen molar-refractivity contribution in [1.29, 1.82) is 0 Å². The van der Waals surface area contributed by atoms with E-state index in [0.29, 0.717) is 17.4 Å². The highest BCUT2D eigenvalue weighted by Gasteiger charge is 2.59. The lowest BCUT2D eigenvalue weighted by atomic mass is 9.50. The van der Waals surface area contributed by atoms with E-state index in [1.165, 1.54) is 13.5 Å². The molecule has 0 aliphatic heterocycles. The number of aromatic hydroxyl groups is 1. The molecule has 5 aliphatic rings. The van der Waals surface area contributed by atoms with Gasteiger partial charge >= 0.3 is 6.09 Å². The van der Waals surface area contributed by atoms with Crippen LogP contribution in [-0.2, 0) is 4.74 Å². The van der Waals surface area contributed by atoms with Crippen molar-refractivity contribution in [3.8, 4) is 22.6 Å². The van der Waals surface area contributed by atoms with Gasteiger partial charge in [-0.1, -0.05) is 17.7 Å². The summed E-state index contributed by atoms with van der Waals surface area (Å²) in [4.78, 5) is 31.5. The topological polar surface area (TPSA) is 110 Å². The summed E-state index contributed by atoms with van der Waals surface area (Å²) in [5.74, 6) is 1.32. The Morgan fingerprint density at radius 3 is 2.39 bits per heavy atom. The fourth-order valence-electron chi connectivity index (χ4n) is 8.50. The molecule has 2 unspecified atom stereocenters. The lowest BCUT2D eigenvalue weighted by Gasteiger charge is -2.62. The molecule has 1 heterocycles. The number of pyridine rings is 1. The van der Waals surface area contributed by atoms with Gasteiger partial charge in [-0.2, -0.15) is 0 Å². The van der Waals surface area contributed by atoms with Gasteiger partial charge in [0.25, 0.3) is 0 Å². The number of hydrogen-bond donors (Lipinski definition) is 3. The van der Waals surface area contributed by atoms with Gasteiger partial charge in [0.05, 0.1) is 28.9 Å². The second kappa shape index (κ2) is 10.3. The number of alkyl carbamates (subject to hydrolysis) is 1. The van der Waals surface area contributed by atoms with E-state index in [1.807, 2.05) is 39.0 Å². The molecule has 0 radical (unpaired) electrons. The first-order chi connectivity index (χ1) is 20.8. The van der Waals surface area contributed by atoms with Crippen LogP contribution in [0.1, 0.15) is 82.5 Å². The number of methoxy groups -OCH3 is 1. The molecular formula is C35H40ClN3O5. The highest BCUT2D eigenvalue weighted by molar-refractivity contribution is 6.32. The fraction of sp³-hybridized carbons (Fsp3) is 0.514. The molecule has 2 aromatic carbocycles. The average Bonchev–Trinajstić information content (AvgIpc) is 3.77. The van der Waals surface area contributed by atoms with Crippen LogP contribution >= 0.6 is 11.6 Å². The Kier molecular flexibility index (Phi) is 6.81. The number of hydrogen-bond acceptors (Lipinski definition) is 7. The Bertz CT molecular complexity index is 1660. The lowest BCUT2D eigenvalue weighted by molar-refractivity contribution is -0.0324. The summed E-state index contributed by atoms with van der Waals surface area (Å²) in [6, 6.07) is 9.44. The summed E-state index contributed by atoms with van der Waals surface area (Å²) in [5, 5.41) is 18.7. The number of Topliss-reactive ketones (excluding diaryl/α,β-unsaturated/α-hetero) is 1. The first-order valence-corrected chi connectivity index (χ1v) is 16.1. The highest BCUT2D eigenvalue weighted by atomic mass is 35.5. The van der Waals surface area contributed by atoms with Gasteiger partial charge in [0.2, 0.25) is 0 Å². The second-order valence-corrected chi connectivity index (χ2v) is 15.1. The van der Waals surface area contributed by atoms with Crippen LogP contribution in [0, 0.1) is 17.8 Å². The molecule has 44 heavy (non-hydrogen) atoms. The first kappa shape index (κ1) is 29.2. The Morgan fingerprint density at radius 1 is 1.02 bits per heavy atom. The van der Waals surface area contributed by atoms with E-state index in [1.54, 1.807) is 18.3 Å². The number of halogens is 1. The predicted molar refractivity (Wildman–Crippen MR) is 171 cm³/mol. The van der Waals surface area contributed by atoms with E-state index in [0.717, 1.165) is 72.7 Å². The zero-order valence-corrected chi connectivity index (χ0v) is 26.5. The molecule has 2 atom stereocenters. The number of anilines is 1. The lowest BCUT2D eigenvalue weighted by Crippen LogP contribution is -2.67. The van der Waals surface area contributed by atoms with Crippen molar-refractivity contribution >= 4 is 40.1 Å². The molecule has 3 N–H and O–H groups in total. The van der Waals surface area contributed by atoms with Gasteiger partial charge in [-0.3, -0.25) is 9.78 Å². The second-order valence-electron chi connectivity index (χ2n) is 14.7. The zero-order chi connectivity index (χ0) is 31.0. The van der Waals surface area contributed by atoms with Gasteiger partial charge in [-0.15, -0.1) is 0 Å². The molecule has 9 heteroatoms. The molecule has 0 spiro atoms. The fourth-order valence-corrected chi connectivity index (χ4v) is 8.71. The van der Waals surface area contributed by atoms with Crippen molar-refractivity contribution < 1.29 is 24.2 Å². The SMILES string of the molecule is COc1cc(-c2ccc3ncc(C(=O)C4CC4)c(NC45CC6CC(CC(NC(=O)OC(C)(C)C)(C6)C4)C5)c3c2)cc(Cl)c1O. The maximum absolute atomic E-state index is 13.7. The molecule has 3 aromatic rings. The number of phenolic OH excluding ortho intramolecular Hbond substituents is 1. The molecule has 5 saturated carbocycles. The number of phenols is 1. The number of nitrogens with zero attached hydrogens (tertiary/aromatic N) is 1. The summed E-state index contributed by atoms with van der Waals surface area (Å²) in [7, 11) is 1.49. The molecule has 4 bridgehead atoms. The van der Waals surface area contributed by atoms with Crippen LogP contribution in [0.2, 0.25) is 5.02 Å². The largest absolute Gasteiger partial charge is 0.503 e. The van der Waals surface area contributed by atoms with E-state index in [2.05, 4.69) is 10.6 Å². The van der Waals surface area contributed by atoms with Gasteiger partial charge in [-0.25, -0.2) is 4.79 Å². The maximum Gasteiger partial charge on any atom is 0.408 e. The van der Waals surface area contributed by atoms with Crippen molar-refractivity contribution in [3.63, 3.8) is 0 Å². The van der Waals surface area contributed by atoms with Crippen LogP contribution in [0.5, 0.6) is 11.5 Å². The summed E-state index contributed by atoms with van der Waals surface area (Å²) in [5.41, 5.74) is 2.70. The number of benzene rings is 2. The van der Waals surface area contributed by atoms with Crippen molar-refractivity contribution in [1.82, 2.24) is 10.3 Å². The molecule has 1 aromatic heterocycles. The van der Waals surface area contributed by atoms with E-state index < -0.39 is 5.60 Å². The summed E-state index contributed by atoms with van der Waals surface area (Å²) in [6.07, 6.45) is 9.01. The number of ketones is 1. The molecular weight excluding hydrogens is 578 g/mol. The van der Waals surface area contributed by atoms with Crippen LogP contribution in [0.4, 0.5) is 10.5 Å². The standard InChI is InChI=1S/C35H40ClN3O5/c1-33(2,3)44-32(42)39-35-15-19-9-20(16-35)14-34(13-19,18-35)38-29-24-10-22(23-11-26(36)31(41)28(12-23)43-4)7-8-27(24)37-17-25(29)30(40)21-5-6-21/h7-8,10-12,17,19-21,41H,5-6,9,13-16,18H2,1-4H3,(H,37,38)(H,39,42). The van der Waals surface area contributed by atoms with Crippen molar-refractivity contribution in [2.75, 3.05) is 12.4 Å². The number of nitrogens with one attached hydrogen (secondary N) is 2. The average molecular weight is 618 g/mol. The van der Waals surface area contributed by atoms with E-state index in [9.17, 15) is 14.7 Å². The maximum atomic E-state index is 13.7. The Hall–Kier alpha value is -3.52. The van der Waals surface area contributed by atoms with Gasteiger partial charge in [0.15, 0.2) is 17.3 Å². The third-order valence-corrected chi connectivity index (χ3v) is 10.2. The van der Waals surface area contributed by atoms with Gasteiger partial charge < -0.3 is 25.2 Å². The normalized spacial score (nSPS) is 27.3. The van der Waals surface area contributed by atoms with Gasteiger partial charge in [0, 0.05) is 28.6 Å². The third kappa shape index (κ3) is 5.35. The number of rotatable bonds is 7. The predicted octanol–water partition coefficient (Wildman–Crippen LogP) is 7.89. The summed E-state index contributed by atoms with van der Waals surface area (Å²) < 4.78 is 11.1. The van der Waals surface area contributed by atoms with E-state index in [-0.39, 0.29) is 45.4 Å². The third-order valence-electron chi connectivity index (χ3n) is 9.88.